The lowest BCUT2D eigenvalue weighted by Gasteiger charge is -2.12. The SMILES string of the molecule is CNCc1cccc(Oc2ncccc2C(F)(F)F)c1. The molecule has 0 saturated carbocycles. The maximum absolute atomic E-state index is 12.8. The van der Waals surface area contributed by atoms with E-state index in [1.165, 1.54) is 12.3 Å². The van der Waals surface area contributed by atoms with Crippen molar-refractivity contribution in [1.29, 1.82) is 0 Å². The number of alkyl halides is 3. The molecule has 1 aromatic heterocycles. The zero-order valence-electron chi connectivity index (χ0n) is 10.7. The van der Waals surface area contributed by atoms with Crippen molar-refractivity contribution in [2.75, 3.05) is 7.05 Å². The van der Waals surface area contributed by atoms with Crippen LogP contribution in [0.3, 0.4) is 0 Å². The highest BCUT2D eigenvalue weighted by Crippen LogP contribution is 2.36. The number of benzene rings is 1. The summed E-state index contributed by atoms with van der Waals surface area (Å²) in [7, 11) is 1.79. The first-order valence-corrected chi connectivity index (χ1v) is 5.94. The third-order valence-corrected chi connectivity index (χ3v) is 2.57. The lowest BCUT2D eigenvalue weighted by molar-refractivity contribution is -0.138. The zero-order chi connectivity index (χ0) is 14.6. The molecule has 20 heavy (non-hydrogen) atoms. The van der Waals surface area contributed by atoms with Gasteiger partial charge < -0.3 is 10.1 Å². The predicted octanol–water partition coefficient (Wildman–Crippen LogP) is 3.61. The van der Waals surface area contributed by atoms with Crippen molar-refractivity contribution in [3.8, 4) is 11.6 Å². The van der Waals surface area contributed by atoms with E-state index in [4.69, 9.17) is 4.74 Å². The molecule has 1 N–H and O–H groups in total. The summed E-state index contributed by atoms with van der Waals surface area (Å²) < 4.78 is 43.7. The van der Waals surface area contributed by atoms with Crippen molar-refractivity contribution >= 4 is 0 Å². The number of ether oxygens (including phenoxy) is 1. The van der Waals surface area contributed by atoms with Gasteiger partial charge in [0.25, 0.3) is 0 Å². The molecule has 0 amide bonds. The predicted molar refractivity (Wildman–Crippen MR) is 68.5 cm³/mol. The van der Waals surface area contributed by atoms with Gasteiger partial charge in [-0.2, -0.15) is 13.2 Å². The van der Waals surface area contributed by atoms with Crippen LogP contribution in [0.1, 0.15) is 11.1 Å². The third-order valence-electron chi connectivity index (χ3n) is 2.57. The number of nitrogens with one attached hydrogen (secondary N) is 1. The molecule has 0 aliphatic heterocycles. The summed E-state index contributed by atoms with van der Waals surface area (Å²) in [5.41, 5.74) is 0.0218. The van der Waals surface area contributed by atoms with Crippen molar-refractivity contribution in [2.45, 2.75) is 12.7 Å². The van der Waals surface area contributed by atoms with E-state index < -0.39 is 17.6 Å². The molecular formula is C14H13F3N2O. The van der Waals surface area contributed by atoms with Crippen LogP contribution in [-0.4, -0.2) is 12.0 Å². The maximum Gasteiger partial charge on any atom is 0.421 e. The van der Waals surface area contributed by atoms with E-state index in [0.717, 1.165) is 11.6 Å². The lowest BCUT2D eigenvalue weighted by Crippen LogP contribution is -2.08. The standard InChI is InChI=1S/C14H13F3N2O/c1-18-9-10-4-2-5-11(8-10)20-13-12(14(15,16)17)6-3-7-19-13/h2-8,18H,9H2,1H3. The molecule has 6 heteroatoms. The fraction of sp³-hybridized carbons (Fsp3) is 0.214. The molecule has 106 valence electrons. The van der Waals surface area contributed by atoms with Crippen LogP contribution < -0.4 is 10.1 Å². The Morgan fingerprint density at radius 2 is 2.00 bits per heavy atom. The average Bonchev–Trinajstić information content (AvgIpc) is 2.39. The number of aromatic nitrogens is 1. The summed E-state index contributed by atoms with van der Waals surface area (Å²) in [4.78, 5) is 3.66. The van der Waals surface area contributed by atoms with Crippen molar-refractivity contribution < 1.29 is 17.9 Å². The number of halogens is 3. The molecule has 0 spiro atoms. The van der Waals surface area contributed by atoms with Crippen LogP contribution in [0.4, 0.5) is 13.2 Å². The molecule has 0 saturated heterocycles. The van der Waals surface area contributed by atoms with Gasteiger partial charge in [-0.05, 0) is 36.9 Å². The second-order valence-corrected chi connectivity index (χ2v) is 4.13. The molecule has 0 aliphatic rings. The molecule has 2 rings (SSSR count). The number of pyridine rings is 1. The van der Waals surface area contributed by atoms with Gasteiger partial charge >= 0.3 is 6.18 Å². The summed E-state index contributed by atoms with van der Waals surface area (Å²) >= 11 is 0. The topological polar surface area (TPSA) is 34.1 Å². The minimum atomic E-state index is -4.49. The molecule has 0 radical (unpaired) electrons. The van der Waals surface area contributed by atoms with Gasteiger partial charge in [-0.1, -0.05) is 12.1 Å². The van der Waals surface area contributed by atoms with Crippen LogP contribution in [-0.2, 0) is 12.7 Å². The summed E-state index contributed by atoms with van der Waals surface area (Å²) in [6, 6.07) is 9.01. The normalized spacial score (nSPS) is 11.4. The Morgan fingerprint density at radius 3 is 2.70 bits per heavy atom. The van der Waals surface area contributed by atoms with Gasteiger partial charge in [-0.15, -0.1) is 0 Å². The number of hydrogen-bond acceptors (Lipinski definition) is 3. The quantitative estimate of drug-likeness (QED) is 0.930. The van der Waals surface area contributed by atoms with Crippen molar-refractivity contribution in [2.24, 2.45) is 0 Å². The Labute approximate surface area is 114 Å². The molecule has 3 nitrogen and oxygen atoms in total. The largest absolute Gasteiger partial charge is 0.438 e. The van der Waals surface area contributed by atoms with E-state index in [0.29, 0.717) is 12.3 Å². The van der Waals surface area contributed by atoms with E-state index in [1.807, 2.05) is 6.07 Å². The fourth-order valence-corrected chi connectivity index (χ4v) is 1.72. The summed E-state index contributed by atoms with van der Waals surface area (Å²) in [5.74, 6) is -0.122. The van der Waals surface area contributed by atoms with Gasteiger partial charge in [-0.25, -0.2) is 4.98 Å². The zero-order valence-corrected chi connectivity index (χ0v) is 10.7. The molecule has 0 atom stereocenters. The van der Waals surface area contributed by atoms with Crippen molar-refractivity contribution in [1.82, 2.24) is 10.3 Å². The molecule has 1 heterocycles. The second-order valence-electron chi connectivity index (χ2n) is 4.13. The highest BCUT2D eigenvalue weighted by Gasteiger charge is 2.35. The van der Waals surface area contributed by atoms with E-state index in [-0.39, 0.29) is 0 Å². The fourth-order valence-electron chi connectivity index (χ4n) is 1.72. The molecule has 0 aliphatic carbocycles. The maximum atomic E-state index is 12.8. The molecule has 1 aromatic carbocycles. The first-order chi connectivity index (χ1) is 9.50. The van der Waals surface area contributed by atoms with Gasteiger partial charge in [0.15, 0.2) is 0 Å². The van der Waals surface area contributed by atoms with Crippen molar-refractivity contribution in [3.63, 3.8) is 0 Å². The minimum absolute atomic E-state index is 0.321. The summed E-state index contributed by atoms with van der Waals surface area (Å²) in [6.45, 7) is 0.603. The van der Waals surface area contributed by atoms with Gasteiger partial charge in [0, 0.05) is 12.7 Å². The van der Waals surface area contributed by atoms with E-state index in [9.17, 15) is 13.2 Å². The monoisotopic (exact) mass is 282 g/mol. The van der Waals surface area contributed by atoms with Crippen molar-refractivity contribution in [3.05, 3.63) is 53.7 Å². The van der Waals surface area contributed by atoms with Gasteiger partial charge in [0.1, 0.15) is 11.3 Å². The number of nitrogens with zero attached hydrogens (tertiary/aromatic N) is 1. The van der Waals surface area contributed by atoms with Crippen LogP contribution in [0, 0.1) is 0 Å². The van der Waals surface area contributed by atoms with Gasteiger partial charge in [0.05, 0.1) is 0 Å². The van der Waals surface area contributed by atoms with Crippen LogP contribution >= 0.6 is 0 Å². The molecular weight excluding hydrogens is 269 g/mol. The first-order valence-electron chi connectivity index (χ1n) is 5.94. The molecule has 0 fully saturated rings. The molecule has 0 bridgehead atoms. The highest BCUT2D eigenvalue weighted by atomic mass is 19.4. The van der Waals surface area contributed by atoms with Crippen LogP contribution in [0.25, 0.3) is 0 Å². The van der Waals surface area contributed by atoms with Crippen LogP contribution in [0.2, 0.25) is 0 Å². The Balaban J connectivity index is 2.28. The number of hydrogen-bond donors (Lipinski definition) is 1. The highest BCUT2D eigenvalue weighted by molar-refractivity contribution is 5.35. The molecule has 0 unspecified atom stereocenters. The second kappa shape index (κ2) is 5.92. The average molecular weight is 282 g/mol. The van der Waals surface area contributed by atoms with E-state index >= 15 is 0 Å². The smallest absolute Gasteiger partial charge is 0.421 e. The Hall–Kier alpha value is -2.08. The van der Waals surface area contributed by atoms with E-state index in [2.05, 4.69) is 10.3 Å². The number of rotatable bonds is 4. The van der Waals surface area contributed by atoms with Gasteiger partial charge in [0.2, 0.25) is 5.88 Å². The van der Waals surface area contributed by atoms with E-state index in [1.54, 1.807) is 25.2 Å². The first kappa shape index (κ1) is 14.3. The Morgan fingerprint density at radius 1 is 1.20 bits per heavy atom. The van der Waals surface area contributed by atoms with Crippen LogP contribution in [0.5, 0.6) is 11.6 Å². The van der Waals surface area contributed by atoms with Crippen LogP contribution in [0.15, 0.2) is 42.6 Å². The summed E-state index contributed by atoms with van der Waals surface area (Å²) in [6.07, 6.45) is -3.23. The summed E-state index contributed by atoms with van der Waals surface area (Å²) in [5, 5.41) is 2.96. The lowest BCUT2D eigenvalue weighted by atomic mass is 10.2. The Kier molecular flexibility index (Phi) is 4.24. The van der Waals surface area contributed by atoms with Gasteiger partial charge in [-0.3, -0.25) is 0 Å². The Bertz CT molecular complexity index is 585. The third kappa shape index (κ3) is 3.48. The minimum Gasteiger partial charge on any atom is -0.438 e. The molecule has 2 aromatic rings.